The molecule has 1 saturated heterocycles. The Balaban J connectivity index is 2.55. The first kappa shape index (κ1) is 13.9. The van der Waals surface area contributed by atoms with E-state index in [1.165, 1.54) is 20.3 Å². The van der Waals surface area contributed by atoms with E-state index in [0.717, 1.165) is 31.5 Å². The minimum atomic E-state index is -0.416. The van der Waals surface area contributed by atoms with E-state index in [1.54, 1.807) is 7.11 Å². The Labute approximate surface area is 112 Å². The molecule has 1 N–H and O–H groups in total. The van der Waals surface area contributed by atoms with Gasteiger partial charge >= 0.3 is 0 Å². The zero-order chi connectivity index (χ0) is 13.8. The van der Waals surface area contributed by atoms with Gasteiger partial charge in [-0.2, -0.15) is 0 Å². The molecule has 1 atom stereocenters. The number of hydrogen-bond acceptors (Lipinski definition) is 4. The molecule has 5 heteroatoms. The third-order valence-electron chi connectivity index (χ3n) is 3.52. The summed E-state index contributed by atoms with van der Waals surface area (Å²) in [5.74, 6) is 0.978. The average Bonchev–Trinajstić information content (AvgIpc) is 2.46. The number of ether oxygens (including phenoxy) is 3. The SMILES string of the molecule is COc1cc(F)c(OC)c(C2CCCNC2)c1OC. The highest BCUT2D eigenvalue weighted by molar-refractivity contribution is 5.56. The molecule has 0 radical (unpaired) electrons. The standard InChI is InChI=1S/C14H20FNO3/c1-17-11-7-10(15)13(18-2)12(14(11)19-3)9-5-4-6-16-8-9/h7,9,16H,4-6,8H2,1-3H3. The van der Waals surface area contributed by atoms with Gasteiger partial charge in [0.1, 0.15) is 0 Å². The van der Waals surface area contributed by atoms with Gasteiger partial charge in [-0.1, -0.05) is 0 Å². The molecule has 0 bridgehead atoms. The van der Waals surface area contributed by atoms with Crippen LogP contribution in [0.2, 0.25) is 0 Å². The second-order valence-corrected chi connectivity index (χ2v) is 4.58. The molecule has 0 aliphatic carbocycles. The first-order valence-corrected chi connectivity index (χ1v) is 6.42. The summed E-state index contributed by atoms with van der Waals surface area (Å²) in [7, 11) is 4.55. The summed E-state index contributed by atoms with van der Waals surface area (Å²) >= 11 is 0. The number of nitrogens with one attached hydrogen (secondary N) is 1. The normalized spacial score (nSPS) is 19.1. The summed E-state index contributed by atoms with van der Waals surface area (Å²) in [5, 5.41) is 3.32. The maximum absolute atomic E-state index is 14.1. The minimum absolute atomic E-state index is 0.170. The Morgan fingerprint density at radius 3 is 2.42 bits per heavy atom. The Bertz CT molecular complexity index is 445. The first-order chi connectivity index (χ1) is 9.22. The Kier molecular flexibility index (Phi) is 4.47. The van der Waals surface area contributed by atoms with Gasteiger partial charge in [-0.25, -0.2) is 4.39 Å². The van der Waals surface area contributed by atoms with E-state index in [0.29, 0.717) is 11.5 Å². The lowest BCUT2D eigenvalue weighted by Gasteiger charge is -2.27. The molecule has 19 heavy (non-hydrogen) atoms. The fourth-order valence-electron chi connectivity index (χ4n) is 2.65. The van der Waals surface area contributed by atoms with Crippen molar-refractivity contribution in [1.82, 2.24) is 5.32 Å². The van der Waals surface area contributed by atoms with E-state index >= 15 is 0 Å². The zero-order valence-electron chi connectivity index (χ0n) is 11.6. The van der Waals surface area contributed by atoms with Gasteiger partial charge in [-0.15, -0.1) is 0 Å². The van der Waals surface area contributed by atoms with Gasteiger partial charge in [0, 0.05) is 24.1 Å². The van der Waals surface area contributed by atoms with E-state index in [4.69, 9.17) is 14.2 Å². The maximum Gasteiger partial charge on any atom is 0.169 e. The van der Waals surface area contributed by atoms with Crippen LogP contribution < -0.4 is 19.5 Å². The number of methoxy groups -OCH3 is 3. The van der Waals surface area contributed by atoms with Crippen LogP contribution in [0.5, 0.6) is 17.2 Å². The predicted molar refractivity (Wildman–Crippen MR) is 70.9 cm³/mol. The van der Waals surface area contributed by atoms with Crippen LogP contribution >= 0.6 is 0 Å². The summed E-state index contributed by atoms with van der Waals surface area (Å²) in [5.41, 5.74) is 0.758. The smallest absolute Gasteiger partial charge is 0.169 e. The van der Waals surface area contributed by atoms with Gasteiger partial charge in [0.05, 0.1) is 21.3 Å². The average molecular weight is 269 g/mol. The maximum atomic E-state index is 14.1. The van der Waals surface area contributed by atoms with Crippen LogP contribution in [0.3, 0.4) is 0 Å². The lowest BCUT2D eigenvalue weighted by atomic mass is 9.89. The van der Waals surface area contributed by atoms with Crippen molar-refractivity contribution in [3.8, 4) is 17.2 Å². The van der Waals surface area contributed by atoms with Crippen LogP contribution in [0.1, 0.15) is 24.3 Å². The third-order valence-corrected chi connectivity index (χ3v) is 3.52. The molecule has 0 spiro atoms. The summed E-state index contributed by atoms with van der Waals surface area (Å²) in [4.78, 5) is 0. The molecule has 4 nitrogen and oxygen atoms in total. The molecule has 1 aliphatic heterocycles. The van der Waals surface area contributed by atoms with Crippen LogP contribution in [0, 0.1) is 5.82 Å². The molecule has 1 aliphatic rings. The van der Waals surface area contributed by atoms with Crippen LogP contribution in [0.4, 0.5) is 4.39 Å². The van der Waals surface area contributed by atoms with Crippen molar-refractivity contribution in [2.24, 2.45) is 0 Å². The van der Waals surface area contributed by atoms with Crippen molar-refractivity contribution < 1.29 is 18.6 Å². The van der Waals surface area contributed by atoms with Gasteiger partial charge in [0.25, 0.3) is 0 Å². The molecule has 0 saturated carbocycles. The minimum Gasteiger partial charge on any atom is -0.493 e. The van der Waals surface area contributed by atoms with E-state index in [1.807, 2.05) is 0 Å². The van der Waals surface area contributed by atoms with Crippen LogP contribution in [0.25, 0.3) is 0 Å². The Morgan fingerprint density at radius 1 is 1.16 bits per heavy atom. The number of rotatable bonds is 4. The summed E-state index contributed by atoms with van der Waals surface area (Å²) < 4.78 is 29.9. The molecule has 1 aromatic carbocycles. The second-order valence-electron chi connectivity index (χ2n) is 4.58. The number of benzene rings is 1. The molecular weight excluding hydrogens is 249 g/mol. The Morgan fingerprint density at radius 2 is 1.89 bits per heavy atom. The van der Waals surface area contributed by atoms with Crippen LogP contribution in [-0.4, -0.2) is 34.4 Å². The first-order valence-electron chi connectivity index (χ1n) is 6.42. The van der Waals surface area contributed by atoms with Gasteiger partial charge in [0.2, 0.25) is 0 Å². The highest BCUT2D eigenvalue weighted by Crippen LogP contribution is 2.45. The van der Waals surface area contributed by atoms with Gasteiger partial charge in [-0.3, -0.25) is 0 Å². The molecule has 0 aromatic heterocycles. The van der Waals surface area contributed by atoms with E-state index < -0.39 is 5.82 Å². The Hall–Kier alpha value is -1.49. The van der Waals surface area contributed by atoms with E-state index in [-0.39, 0.29) is 11.7 Å². The topological polar surface area (TPSA) is 39.7 Å². The zero-order valence-corrected chi connectivity index (χ0v) is 11.6. The van der Waals surface area contributed by atoms with Crippen LogP contribution in [-0.2, 0) is 0 Å². The summed E-state index contributed by atoms with van der Waals surface area (Å²) in [6, 6.07) is 1.30. The molecule has 1 heterocycles. The number of piperidine rings is 1. The lowest BCUT2D eigenvalue weighted by Crippen LogP contribution is -2.29. The van der Waals surface area contributed by atoms with Gasteiger partial charge < -0.3 is 19.5 Å². The second kappa shape index (κ2) is 6.10. The van der Waals surface area contributed by atoms with Crippen molar-refractivity contribution in [3.05, 3.63) is 17.4 Å². The molecule has 106 valence electrons. The summed E-state index contributed by atoms with van der Waals surface area (Å²) in [6.45, 7) is 1.78. The molecule has 1 fully saturated rings. The molecule has 1 unspecified atom stereocenters. The predicted octanol–water partition coefficient (Wildman–Crippen LogP) is 2.32. The number of halogens is 1. The summed E-state index contributed by atoms with van der Waals surface area (Å²) in [6.07, 6.45) is 2.03. The molecule has 2 rings (SSSR count). The van der Waals surface area contributed by atoms with Gasteiger partial charge in [0.15, 0.2) is 23.1 Å². The van der Waals surface area contributed by atoms with Crippen molar-refractivity contribution in [3.63, 3.8) is 0 Å². The fourth-order valence-corrected chi connectivity index (χ4v) is 2.65. The highest BCUT2D eigenvalue weighted by Gasteiger charge is 2.28. The number of hydrogen-bond donors (Lipinski definition) is 1. The van der Waals surface area contributed by atoms with Crippen molar-refractivity contribution in [2.75, 3.05) is 34.4 Å². The van der Waals surface area contributed by atoms with Gasteiger partial charge in [-0.05, 0) is 19.4 Å². The van der Waals surface area contributed by atoms with Crippen molar-refractivity contribution in [1.29, 1.82) is 0 Å². The molecule has 1 aromatic rings. The van der Waals surface area contributed by atoms with Crippen LogP contribution in [0.15, 0.2) is 6.07 Å². The quantitative estimate of drug-likeness (QED) is 0.910. The highest BCUT2D eigenvalue weighted by atomic mass is 19.1. The third kappa shape index (κ3) is 2.61. The molecular formula is C14H20FNO3. The van der Waals surface area contributed by atoms with Crippen molar-refractivity contribution in [2.45, 2.75) is 18.8 Å². The largest absolute Gasteiger partial charge is 0.493 e. The van der Waals surface area contributed by atoms with E-state index in [9.17, 15) is 4.39 Å². The monoisotopic (exact) mass is 269 g/mol. The van der Waals surface area contributed by atoms with Crippen molar-refractivity contribution >= 4 is 0 Å². The van der Waals surface area contributed by atoms with E-state index in [2.05, 4.69) is 5.32 Å². The fraction of sp³-hybridized carbons (Fsp3) is 0.571. The lowest BCUT2D eigenvalue weighted by molar-refractivity contribution is 0.322. The molecule has 0 amide bonds.